The number of benzene rings is 1. The molecule has 0 amide bonds. The number of nitrogens with two attached hydrogens (primary N) is 1. The van der Waals surface area contributed by atoms with Crippen LogP contribution in [0.5, 0.6) is 0 Å². The molecule has 0 atom stereocenters. The van der Waals surface area contributed by atoms with Crippen LogP contribution in [0, 0.1) is 11.3 Å². The molecule has 0 bridgehead atoms. The molecular formula is C16H23N3. The van der Waals surface area contributed by atoms with Crippen LogP contribution in [0.1, 0.15) is 31.2 Å². The van der Waals surface area contributed by atoms with Gasteiger partial charge in [-0.1, -0.05) is 30.3 Å². The molecule has 3 heteroatoms. The Hall–Kier alpha value is -1.37. The van der Waals surface area contributed by atoms with E-state index < -0.39 is 5.54 Å². The molecule has 3 nitrogen and oxygen atoms in total. The third kappa shape index (κ3) is 3.79. The van der Waals surface area contributed by atoms with Gasteiger partial charge in [-0.05, 0) is 44.7 Å². The topological polar surface area (TPSA) is 53.0 Å². The van der Waals surface area contributed by atoms with E-state index in [9.17, 15) is 0 Å². The maximum Gasteiger partial charge on any atom is 0.104 e. The zero-order chi connectivity index (χ0) is 13.7. The standard InChI is InChI=1S/C16H23N3/c1-19(12-9-14-5-3-2-4-6-14)15-7-10-16(18,13-17)11-8-15/h2-6,15H,7-12,18H2,1H3. The number of hydrogen-bond donors (Lipinski definition) is 1. The molecule has 0 unspecified atom stereocenters. The molecule has 0 radical (unpaired) electrons. The maximum atomic E-state index is 9.04. The molecule has 1 aliphatic carbocycles. The fourth-order valence-electron chi connectivity index (χ4n) is 2.80. The zero-order valence-corrected chi connectivity index (χ0v) is 11.7. The highest BCUT2D eigenvalue weighted by Gasteiger charge is 2.32. The van der Waals surface area contributed by atoms with Crippen molar-refractivity contribution in [2.24, 2.45) is 5.73 Å². The summed E-state index contributed by atoms with van der Waals surface area (Å²) in [7, 11) is 2.18. The van der Waals surface area contributed by atoms with Crippen molar-refractivity contribution in [3.05, 3.63) is 35.9 Å². The van der Waals surface area contributed by atoms with Crippen molar-refractivity contribution in [1.29, 1.82) is 5.26 Å². The second-order valence-corrected chi connectivity index (χ2v) is 5.72. The summed E-state index contributed by atoms with van der Waals surface area (Å²) in [6, 6.07) is 13.4. The van der Waals surface area contributed by atoms with Crippen molar-refractivity contribution in [3.8, 4) is 6.07 Å². The number of nitrogens with zero attached hydrogens (tertiary/aromatic N) is 2. The maximum absolute atomic E-state index is 9.04. The Labute approximate surface area is 116 Å². The van der Waals surface area contributed by atoms with Gasteiger partial charge in [-0.3, -0.25) is 0 Å². The molecule has 1 saturated carbocycles. The van der Waals surface area contributed by atoms with Crippen molar-refractivity contribution in [1.82, 2.24) is 4.90 Å². The number of nitriles is 1. The first kappa shape index (κ1) is 14.0. The van der Waals surface area contributed by atoms with Gasteiger partial charge in [0.15, 0.2) is 0 Å². The first-order valence-corrected chi connectivity index (χ1v) is 7.07. The van der Waals surface area contributed by atoms with Crippen molar-refractivity contribution < 1.29 is 0 Å². The summed E-state index contributed by atoms with van der Waals surface area (Å²) >= 11 is 0. The Kier molecular flexibility index (Phi) is 4.57. The van der Waals surface area contributed by atoms with Crippen LogP contribution in [0.25, 0.3) is 0 Å². The van der Waals surface area contributed by atoms with Crippen LogP contribution in [0.15, 0.2) is 30.3 Å². The quantitative estimate of drug-likeness (QED) is 0.900. The Balaban J connectivity index is 1.79. The van der Waals surface area contributed by atoms with E-state index in [-0.39, 0.29) is 0 Å². The first-order valence-electron chi connectivity index (χ1n) is 7.07. The lowest BCUT2D eigenvalue weighted by Gasteiger charge is -2.36. The van der Waals surface area contributed by atoms with Gasteiger partial charge in [0.05, 0.1) is 6.07 Å². The normalized spacial score (nSPS) is 27.2. The van der Waals surface area contributed by atoms with Gasteiger partial charge >= 0.3 is 0 Å². The second-order valence-electron chi connectivity index (χ2n) is 5.72. The average Bonchev–Trinajstić information content (AvgIpc) is 2.47. The molecular weight excluding hydrogens is 234 g/mol. The van der Waals surface area contributed by atoms with Crippen molar-refractivity contribution >= 4 is 0 Å². The highest BCUT2D eigenvalue weighted by molar-refractivity contribution is 5.15. The third-order valence-electron chi connectivity index (χ3n) is 4.29. The lowest BCUT2D eigenvalue weighted by atomic mass is 9.81. The van der Waals surface area contributed by atoms with E-state index >= 15 is 0 Å². The predicted molar refractivity (Wildman–Crippen MR) is 77.6 cm³/mol. The summed E-state index contributed by atoms with van der Waals surface area (Å²) in [5.41, 5.74) is 6.82. The first-order chi connectivity index (χ1) is 9.13. The van der Waals surface area contributed by atoms with E-state index in [0.29, 0.717) is 6.04 Å². The smallest absolute Gasteiger partial charge is 0.104 e. The van der Waals surface area contributed by atoms with Crippen molar-refractivity contribution in [2.75, 3.05) is 13.6 Å². The summed E-state index contributed by atoms with van der Waals surface area (Å²) in [6.45, 7) is 1.07. The van der Waals surface area contributed by atoms with Gasteiger partial charge in [0.25, 0.3) is 0 Å². The van der Waals surface area contributed by atoms with Crippen molar-refractivity contribution in [3.63, 3.8) is 0 Å². The molecule has 0 heterocycles. The molecule has 0 aliphatic heterocycles. The molecule has 2 rings (SSSR count). The van der Waals surface area contributed by atoms with Crippen LogP contribution in [0.3, 0.4) is 0 Å². The lowest BCUT2D eigenvalue weighted by molar-refractivity contribution is 0.169. The van der Waals surface area contributed by atoms with Crippen LogP contribution in [0.2, 0.25) is 0 Å². The zero-order valence-electron chi connectivity index (χ0n) is 11.7. The third-order valence-corrected chi connectivity index (χ3v) is 4.29. The Morgan fingerprint density at radius 1 is 1.32 bits per heavy atom. The van der Waals surface area contributed by atoms with Crippen LogP contribution >= 0.6 is 0 Å². The van der Waals surface area contributed by atoms with Crippen molar-refractivity contribution in [2.45, 2.75) is 43.7 Å². The van der Waals surface area contributed by atoms with E-state index in [1.165, 1.54) is 5.56 Å². The molecule has 1 aromatic rings. The number of hydrogen-bond acceptors (Lipinski definition) is 3. The summed E-state index contributed by atoms with van der Waals surface area (Å²) in [6.07, 6.45) is 4.80. The molecule has 1 aromatic carbocycles. The molecule has 1 aliphatic rings. The van der Waals surface area contributed by atoms with Crippen LogP contribution in [0.4, 0.5) is 0 Å². The monoisotopic (exact) mass is 257 g/mol. The van der Waals surface area contributed by atoms with Crippen LogP contribution in [-0.4, -0.2) is 30.1 Å². The summed E-state index contributed by atoms with van der Waals surface area (Å²) in [5.74, 6) is 0. The molecule has 1 fully saturated rings. The van der Waals surface area contributed by atoms with Gasteiger partial charge in [0, 0.05) is 12.6 Å². The SMILES string of the molecule is CN(CCc1ccccc1)C1CCC(N)(C#N)CC1. The minimum atomic E-state index is -0.573. The Bertz CT molecular complexity index is 427. The summed E-state index contributed by atoms with van der Waals surface area (Å²) in [4.78, 5) is 2.42. The largest absolute Gasteiger partial charge is 0.313 e. The fraction of sp³-hybridized carbons (Fsp3) is 0.562. The molecule has 0 aromatic heterocycles. The lowest BCUT2D eigenvalue weighted by Crippen LogP contribution is -2.47. The summed E-state index contributed by atoms with van der Waals surface area (Å²) in [5, 5.41) is 9.04. The van der Waals surface area contributed by atoms with Gasteiger partial charge in [-0.2, -0.15) is 5.26 Å². The van der Waals surface area contributed by atoms with Crippen LogP contribution < -0.4 is 5.73 Å². The molecule has 19 heavy (non-hydrogen) atoms. The highest BCUT2D eigenvalue weighted by atomic mass is 15.1. The molecule has 0 saturated heterocycles. The number of rotatable bonds is 4. The molecule has 0 spiro atoms. The van der Waals surface area contributed by atoms with Gasteiger partial charge < -0.3 is 10.6 Å². The van der Waals surface area contributed by atoms with Gasteiger partial charge in [0.2, 0.25) is 0 Å². The minimum absolute atomic E-state index is 0.573. The van der Waals surface area contributed by atoms with E-state index in [0.717, 1.165) is 38.6 Å². The number of likely N-dealkylation sites (N-methyl/N-ethyl adjacent to an activating group) is 1. The van der Waals surface area contributed by atoms with Gasteiger partial charge in [0.1, 0.15) is 5.54 Å². The van der Waals surface area contributed by atoms with Crippen LogP contribution in [-0.2, 0) is 6.42 Å². The Morgan fingerprint density at radius 2 is 1.95 bits per heavy atom. The Morgan fingerprint density at radius 3 is 2.53 bits per heavy atom. The highest BCUT2D eigenvalue weighted by Crippen LogP contribution is 2.28. The molecule has 102 valence electrons. The van der Waals surface area contributed by atoms with E-state index in [4.69, 9.17) is 11.0 Å². The average molecular weight is 257 g/mol. The van der Waals surface area contributed by atoms with E-state index in [2.05, 4.69) is 48.3 Å². The molecule has 2 N–H and O–H groups in total. The van der Waals surface area contributed by atoms with Gasteiger partial charge in [-0.25, -0.2) is 0 Å². The van der Waals surface area contributed by atoms with E-state index in [1.807, 2.05) is 0 Å². The van der Waals surface area contributed by atoms with Gasteiger partial charge in [-0.15, -0.1) is 0 Å². The predicted octanol–water partition coefficient (Wildman–Crippen LogP) is 2.32. The summed E-state index contributed by atoms with van der Waals surface area (Å²) < 4.78 is 0. The minimum Gasteiger partial charge on any atom is -0.313 e. The van der Waals surface area contributed by atoms with E-state index in [1.54, 1.807) is 0 Å². The second kappa shape index (κ2) is 6.18. The fourth-order valence-corrected chi connectivity index (χ4v) is 2.80.